The molecule has 0 unspecified atom stereocenters. The first-order valence-corrected chi connectivity index (χ1v) is 5.44. The monoisotopic (exact) mass is 208 g/mol. The zero-order chi connectivity index (χ0) is 11.3. The van der Waals surface area contributed by atoms with Crippen molar-refractivity contribution in [2.45, 2.75) is 33.2 Å². The van der Waals surface area contributed by atoms with Crippen LogP contribution in [0.5, 0.6) is 5.88 Å². The van der Waals surface area contributed by atoms with Gasteiger partial charge in [-0.15, -0.1) is 0 Å². The molecule has 0 bridgehead atoms. The SMILES string of the molecule is CC(C)CCOc1ccc([C@H](C)N)cn1. The molecule has 0 aromatic carbocycles. The van der Waals surface area contributed by atoms with Crippen LogP contribution in [0.25, 0.3) is 0 Å². The molecule has 1 atom stereocenters. The summed E-state index contributed by atoms with van der Waals surface area (Å²) in [5.74, 6) is 1.34. The second kappa shape index (κ2) is 5.71. The third-order valence-corrected chi connectivity index (χ3v) is 2.23. The molecule has 1 rings (SSSR count). The number of rotatable bonds is 5. The molecule has 3 nitrogen and oxygen atoms in total. The van der Waals surface area contributed by atoms with Gasteiger partial charge < -0.3 is 10.5 Å². The van der Waals surface area contributed by atoms with Gasteiger partial charge in [-0.05, 0) is 24.8 Å². The number of hydrogen-bond donors (Lipinski definition) is 1. The Kier molecular flexibility index (Phi) is 4.56. The highest BCUT2D eigenvalue weighted by molar-refractivity contribution is 5.19. The van der Waals surface area contributed by atoms with Crippen LogP contribution in [-0.4, -0.2) is 11.6 Å². The van der Waals surface area contributed by atoms with Crippen molar-refractivity contribution < 1.29 is 4.74 Å². The van der Waals surface area contributed by atoms with Crippen LogP contribution in [0, 0.1) is 5.92 Å². The van der Waals surface area contributed by atoms with Crippen LogP contribution in [-0.2, 0) is 0 Å². The third-order valence-electron chi connectivity index (χ3n) is 2.23. The molecule has 0 amide bonds. The molecule has 0 aliphatic heterocycles. The molecule has 0 saturated carbocycles. The lowest BCUT2D eigenvalue weighted by Crippen LogP contribution is -2.06. The van der Waals surface area contributed by atoms with E-state index in [-0.39, 0.29) is 6.04 Å². The van der Waals surface area contributed by atoms with Gasteiger partial charge in [0.05, 0.1) is 6.61 Å². The van der Waals surface area contributed by atoms with Gasteiger partial charge in [0.2, 0.25) is 5.88 Å². The van der Waals surface area contributed by atoms with Crippen LogP contribution < -0.4 is 10.5 Å². The van der Waals surface area contributed by atoms with E-state index < -0.39 is 0 Å². The number of nitrogens with zero attached hydrogens (tertiary/aromatic N) is 1. The van der Waals surface area contributed by atoms with Crippen LogP contribution in [0.15, 0.2) is 18.3 Å². The predicted octanol–water partition coefficient (Wildman–Crippen LogP) is 2.53. The first kappa shape index (κ1) is 12.0. The predicted molar refractivity (Wildman–Crippen MR) is 61.8 cm³/mol. The summed E-state index contributed by atoms with van der Waals surface area (Å²) in [6, 6.07) is 3.86. The van der Waals surface area contributed by atoms with Crippen LogP contribution in [0.1, 0.15) is 38.8 Å². The topological polar surface area (TPSA) is 48.1 Å². The number of aromatic nitrogens is 1. The number of nitrogens with two attached hydrogens (primary N) is 1. The van der Waals surface area contributed by atoms with Crippen molar-refractivity contribution in [1.82, 2.24) is 4.98 Å². The fourth-order valence-corrected chi connectivity index (χ4v) is 1.15. The smallest absolute Gasteiger partial charge is 0.213 e. The highest BCUT2D eigenvalue weighted by Gasteiger charge is 2.01. The molecule has 1 aromatic heterocycles. The lowest BCUT2D eigenvalue weighted by atomic mass is 10.1. The third kappa shape index (κ3) is 4.30. The Bertz CT molecular complexity index is 280. The van der Waals surface area contributed by atoms with Crippen molar-refractivity contribution in [3.8, 4) is 5.88 Å². The van der Waals surface area contributed by atoms with E-state index in [9.17, 15) is 0 Å². The summed E-state index contributed by atoms with van der Waals surface area (Å²) in [4.78, 5) is 4.19. The maximum Gasteiger partial charge on any atom is 0.213 e. The molecule has 84 valence electrons. The van der Waals surface area contributed by atoms with E-state index >= 15 is 0 Å². The van der Waals surface area contributed by atoms with Gasteiger partial charge in [-0.25, -0.2) is 4.98 Å². The zero-order valence-corrected chi connectivity index (χ0v) is 9.73. The van der Waals surface area contributed by atoms with Gasteiger partial charge in [0.25, 0.3) is 0 Å². The van der Waals surface area contributed by atoms with Crippen LogP contribution in [0.4, 0.5) is 0 Å². The highest BCUT2D eigenvalue weighted by atomic mass is 16.5. The van der Waals surface area contributed by atoms with Gasteiger partial charge in [-0.3, -0.25) is 0 Å². The second-order valence-corrected chi connectivity index (χ2v) is 4.25. The van der Waals surface area contributed by atoms with E-state index in [1.54, 1.807) is 6.20 Å². The van der Waals surface area contributed by atoms with Crippen molar-refractivity contribution >= 4 is 0 Å². The summed E-state index contributed by atoms with van der Waals surface area (Å²) in [5, 5.41) is 0. The molecule has 0 aliphatic carbocycles. The summed E-state index contributed by atoms with van der Waals surface area (Å²) in [5.41, 5.74) is 6.76. The van der Waals surface area contributed by atoms with Crippen molar-refractivity contribution in [2.75, 3.05) is 6.61 Å². The number of hydrogen-bond acceptors (Lipinski definition) is 3. The average Bonchev–Trinajstić information content (AvgIpc) is 2.18. The molecule has 0 aliphatic rings. The summed E-state index contributed by atoms with van der Waals surface area (Å²) < 4.78 is 5.50. The lowest BCUT2D eigenvalue weighted by molar-refractivity contribution is 0.279. The number of pyridine rings is 1. The van der Waals surface area contributed by atoms with E-state index in [0.29, 0.717) is 11.8 Å². The van der Waals surface area contributed by atoms with Gasteiger partial charge in [-0.2, -0.15) is 0 Å². The lowest BCUT2D eigenvalue weighted by Gasteiger charge is -2.08. The van der Waals surface area contributed by atoms with Crippen LogP contribution in [0.3, 0.4) is 0 Å². The van der Waals surface area contributed by atoms with E-state index in [4.69, 9.17) is 10.5 Å². The summed E-state index contributed by atoms with van der Waals surface area (Å²) in [6.45, 7) is 7.02. The Balaban J connectivity index is 2.43. The zero-order valence-electron chi connectivity index (χ0n) is 9.73. The van der Waals surface area contributed by atoms with Gasteiger partial charge in [0.15, 0.2) is 0 Å². The minimum atomic E-state index is 0.0298. The van der Waals surface area contributed by atoms with E-state index in [2.05, 4.69) is 18.8 Å². The van der Waals surface area contributed by atoms with Gasteiger partial charge in [-0.1, -0.05) is 19.9 Å². The fraction of sp³-hybridized carbons (Fsp3) is 0.583. The maximum absolute atomic E-state index is 5.72. The van der Waals surface area contributed by atoms with Gasteiger partial charge in [0.1, 0.15) is 0 Å². The summed E-state index contributed by atoms with van der Waals surface area (Å²) >= 11 is 0. The Morgan fingerprint density at radius 2 is 2.07 bits per heavy atom. The first-order valence-electron chi connectivity index (χ1n) is 5.44. The van der Waals surface area contributed by atoms with Crippen molar-refractivity contribution in [2.24, 2.45) is 11.7 Å². The summed E-state index contributed by atoms with van der Waals surface area (Å²) in [6.07, 6.45) is 2.83. The Morgan fingerprint density at radius 3 is 2.53 bits per heavy atom. The summed E-state index contributed by atoms with van der Waals surface area (Å²) in [7, 11) is 0. The van der Waals surface area contributed by atoms with E-state index in [1.165, 1.54) is 0 Å². The average molecular weight is 208 g/mol. The van der Waals surface area contributed by atoms with Crippen molar-refractivity contribution in [3.05, 3.63) is 23.9 Å². The molecule has 1 heterocycles. The maximum atomic E-state index is 5.72. The second-order valence-electron chi connectivity index (χ2n) is 4.25. The molecule has 3 heteroatoms. The fourth-order valence-electron chi connectivity index (χ4n) is 1.15. The largest absolute Gasteiger partial charge is 0.478 e. The van der Waals surface area contributed by atoms with Crippen LogP contribution >= 0.6 is 0 Å². The molecule has 1 aromatic rings. The Hall–Kier alpha value is -1.09. The molecule has 0 radical (unpaired) electrons. The Morgan fingerprint density at radius 1 is 1.33 bits per heavy atom. The number of ether oxygens (including phenoxy) is 1. The van der Waals surface area contributed by atoms with Crippen LogP contribution in [0.2, 0.25) is 0 Å². The molecular weight excluding hydrogens is 188 g/mol. The van der Waals surface area contributed by atoms with Crippen molar-refractivity contribution in [1.29, 1.82) is 0 Å². The van der Waals surface area contributed by atoms with Gasteiger partial charge >= 0.3 is 0 Å². The standard InChI is InChI=1S/C12H20N2O/c1-9(2)6-7-15-12-5-4-11(8-14-12)10(3)13/h4-5,8-10H,6-7,13H2,1-3H3/t10-/m0/s1. The molecule has 0 spiro atoms. The molecule has 0 saturated heterocycles. The molecule has 2 N–H and O–H groups in total. The minimum Gasteiger partial charge on any atom is -0.478 e. The van der Waals surface area contributed by atoms with E-state index in [0.717, 1.165) is 18.6 Å². The molecule has 15 heavy (non-hydrogen) atoms. The first-order chi connectivity index (χ1) is 7.09. The molecule has 0 fully saturated rings. The highest BCUT2D eigenvalue weighted by Crippen LogP contribution is 2.13. The Labute approximate surface area is 91.7 Å². The normalized spacial score (nSPS) is 12.9. The molecular formula is C12H20N2O. The van der Waals surface area contributed by atoms with E-state index in [1.807, 2.05) is 19.1 Å². The quantitative estimate of drug-likeness (QED) is 0.808. The van der Waals surface area contributed by atoms with Crippen molar-refractivity contribution in [3.63, 3.8) is 0 Å². The minimum absolute atomic E-state index is 0.0298. The van der Waals surface area contributed by atoms with Gasteiger partial charge in [0, 0.05) is 18.3 Å².